The van der Waals surface area contributed by atoms with Crippen LogP contribution in [-0.4, -0.2) is 53.7 Å². The number of amides is 1. The van der Waals surface area contributed by atoms with Crippen molar-refractivity contribution >= 4 is 45.6 Å². The van der Waals surface area contributed by atoms with Gasteiger partial charge in [0.25, 0.3) is 0 Å². The van der Waals surface area contributed by atoms with E-state index in [4.69, 9.17) is 21.1 Å². The number of carbonyl (C=O) groups is 1. The van der Waals surface area contributed by atoms with E-state index in [1.165, 1.54) is 30.1 Å². The van der Waals surface area contributed by atoms with E-state index < -0.39 is 5.82 Å². The SMILES string of the molecule is CN(C/C=C/C(=O)Nc1cc2c(Nc3ccc(F)c(Cl)c3)ncnc2cc1OC1CCOC1)Cc1ccccc1. The number of fused-ring (bicyclic) bond motifs is 1. The maximum Gasteiger partial charge on any atom is 0.248 e. The number of halogens is 2. The number of carbonyl (C=O) groups excluding carboxylic acids is 1. The summed E-state index contributed by atoms with van der Waals surface area (Å²) in [7, 11) is 2.00. The van der Waals surface area contributed by atoms with E-state index in [9.17, 15) is 9.18 Å². The van der Waals surface area contributed by atoms with Crippen LogP contribution in [0.15, 0.2) is 79.1 Å². The van der Waals surface area contributed by atoms with E-state index in [0.717, 1.165) is 13.0 Å². The molecule has 206 valence electrons. The maximum atomic E-state index is 13.7. The summed E-state index contributed by atoms with van der Waals surface area (Å²) >= 11 is 5.95. The molecule has 3 aromatic carbocycles. The van der Waals surface area contributed by atoms with Gasteiger partial charge in [0, 0.05) is 42.7 Å². The van der Waals surface area contributed by atoms with Gasteiger partial charge < -0.3 is 20.1 Å². The number of rotatable bonds is 10. The van der Waals surface area contributed by atoms with E-state index in [1.807, 2.05) is 31.3 Å². The van der Waals surface area contributed by atoms with E-state index in [2.05, 4.69) is 37.6 Å². The molecule has 1 amide bonds. The first-order valence-electron chi connectivity index (χ1n) is 12.9. The molecule has 1 atom stereocenters. The van der Waals surface area contributed by atoms with Crippen LogP contribution < -0.4 is 15.4 Å². The number of hydrogen-bond acceptors (Lipinski definition) is 7. The minimum atomic E-state index is -0.512. The molecular weight excluding hydrogens is 533 g/mol. The largest absolute Gasteiger partial charge is 0.486 e. The molecule has 1 unspecified atom stereocenters. The summed E-state index contributed by atoms with van der Waals surface area (Å²) in [6.45, 7) is 2.47. The van der Waals surface area contributed by atoms with E-state index in [1.54, 1.807) is 18.2 Å². The first kappa shape index (κ1) is 27.5. The van der Waals surface area contributed by atoms with Gasteiger partial charge in [0.2, 0.25) is 5.91 Å². The molecule has 0 radical (unpaired) electrons. The first-order valence-corrected chi connectivity index (χ1v) is 13.3. The van der Waals surface area contributed by atoms with Gasteiger partial charge in [-0.2, -0.15) is 0 Å². The van der Waals surface area contributed by atoms with Gasteiger partial charge in [-0.3, -0.25) is 9.69 Å². The summed E-state index contributed by atoms with van der Waals surface area (Å²) in [5.74, 6) is 0.149. The molecule has 0 aliphatic carbocycles. The predicted molar refractivity (Wildman–Crippen MR) is 155 cm³/mol. The van der Waals surface area contributed by atoms with Crippen LogP contribution in [0.4, 0.5) is 21.6 Å². The van der Waals surface area contributed by atoms with Crippen LogP contribution in [0, 0.1) is 5.82 Å². The van der Waals surface area contributed by atoms with Crippen LogP contribution in [0.3, 0.4) is 0 Å². The highest BCUT2D eigenvalue weighted by atomic mass is 35.5. The predicted octanol–water partition coefficient (Wildman–Crippen LogP) is 5.96. The highest BCUT2D eigenvalue weighted by molar-refractivity contribution is 6.31. The summed E-state index contributed by atoms with van der Waals surface area (Å²) in [5.41, 5.74) is 2.84. The molecule has 0 bridgehead atoms. The Morgan fingerprint density at radius 3 is 2.83 bits per heavy atom. The van der Waals surface area contributed by atoms with Crippen molar-refractivity contribution in [1.82, 2.24) is 14.9 Å². The first-order chi connectivity index (χ1) is 19.4. The Labute approximate surface area is 236 Å². The number of anilines is 3. The molecule has 5 rings (SSSR count). The van der Waals surface area contributed by atoms with Crippen LogP contribution in [0.2, 0.25) is 5.02 Å². The third-order valence-corrected chi connectivity index (χ3v) is 6.63. The minimum absolute atomic E-state index is 0.00742. The quantitative estimate of drug-likeness (QED) is 0.231. The Hall–Kier alpha value is -4.05. The third kappa shape index (κ3) is 7.12. The lowest BCUT2D eigenvalue weighted by atomic mass is 10.1. The van der Waals surface area contributed by atoms with Crippen molar-refractivity contribution in [3.8, 4) is 5.75 Å². The fourth-order valence-electron chi connectivity index (χ4n) is 4.35. The molecule has 0 saturated carbocycles. The van der Waals surface area contributed by atoms with E-state index >= 15 is 0 Å². The van der Waals surface area contributed by atoms with Gasteiger partial charge in [-0.1, -0.05) is 48.0 Å². The number of ether oxygens (including phenoxy) is 2. The van der Waals surface area contributed by atoms with Crippen LogP contribution in [0.5, 0.6) is 5.75 Å². The van der Waals surface area contributed by atoms with Gasteiger partial charge in [0.15, 0.2) is 0 Å². The zero-order valence-electron chi connectivity index (χ0n) is 21.9. The molecule has 1 saturated heterocycles. The van der Waals surface area contributed by atoms with Crippen molar-refractivity contribution in [1.29, 1.82) is 0 Å². The Bertz CT molecular complexity index is 1510. The van der Waals surface area contributed by atoms with Gasteiger partial charge in [0.1, 0.15) is 29.8 Å². The minimum Gasteiger partial charge on any atom is -0.486 e. The Morgan fingerprint density at radius 1 is 1.20 bits per heavy atom. The topological polar surface area (TPSA) is 88.6 Å². The number of hydrogen-bond donors (Lipinski definition) is 2. The maximum absolute atomic E-state index is 13.7. The molecular formula is C30H29ClFN5O3. The molecule has 1 aliphatic heterocycles. The van der Waals surface area contributed by atoms with Crippen molar-refractivity contribution in [2.45, 2.75) is 19.1 Å². The average molecular weight is 562 g/mol. The van der Waals surface area contributed by atoms with Crippen LogP contribution in [-0.2, 0) is 16.1 Å². The summed E-state index contributed by atoms with van der Waals surface area (Å²) in [5, 5.41) is 6.73. The van der Waals surface area contributed by atoms with Gasteiger partial charge in [-0.05, 0) is 36.9 Å². The number of aromatic nitrogens is 2. The lowest BCUT2D eigenvalue weighted by Gasteiger charge is -2.18. The Kier molecular flexibility index (Phi) is 8.85. The number of benzene rings is 3. The summed E-state index contributed by atoms with van der Waals surface area (Å²) in [6, 6.07) is 18.0. The van der Waals surface area contributed by atoms with Crippen LogP contribution in [0.1, 0.15) is 12.0 Å². The summed E-state index contributed by atoms with van der Waals surface area (Å²) in [6.07, 6.45) is 5.37. The second-order valence-electron chi connectivity index (χ2n) is 9.52. The Balaban J connectivity index is 1.36. The highest BCUT2D eigenvalue weighted by Gasteiger charge is 2.21. The molecule has 1 aliphatic rings. The smallest absolute Gasteiger partial charge is 0.248 e. The van der Waals surface area contributed by atoms with Gasteiger partial charge in [-0.25, -0.2) is 14.4 Å². The van der Waals surface area contributed by atoms with Gasteiger partial charge in [-0.15, -0.1) is 0 Å². The molecule has 40 heavy (non-hydrogen) atoms. The van der Waals surface area contributed by atoms with Crippen molar-refractivity contribution in [3.05, 3.63) is 95.5 Å². The highest BCUT2D eigenvalue weighted by Crippen LogP contribution is 2.35. The van der Waals surface area contributed by atoms with Crippen molar-refractivity contribution in [3.63, 3.8) is 0 Å². The molecule has 2 N–H and O–H groups in total. The van der Waals surface area contributed by atoms with E-state index in [0.29, 0.717) is 53.6 Å². The zero-order chi connectivity index (χ0) is 27.9. The number of likely N-dealkylation sites (N-methyl/N-ethyl adjacent to an activating group) is 1. The summed E-state index contributed by atoms with van der Waals surface area (Å²) < 4.78 is 25.3. The second-order valence-corrected chi connectivity index (χ2v) is 9.93. The monoisotopic (exact) mass is 561 g/mol. The van der Waals surface area contributed by atoms with Gasteiger partial charge >= 0.3 is 0 Å². The van der Waals surface area contributed by atoms with Crippen molar-refractivity contribution in [2.75, 3.05) is 37.4 Å². The molecule has 1 aromatic heterocycles. The number of nitrogens with one attached hydrogen (secondary N) is 2. The Morgan fingerprint density at radius 2 is 2.05 bits per heavy atom. The molecule has 8 nitrogen and oxygen atoms in total. The zero-order valence-corrected chi connectivity index (χ0v) is 22.7. The molecule has 4 aromatic rings. The second kappa shape index (κ2) is 12.9. The standard InChI is InChI=1S/C30H29ClFN5O3/c1-37(17-20-6-3-2-4-7-20)12-5-8-29(38)36-27-15-23-26(16-28(27)40-22-11-13-39-18-22)33-19-34-30(23)35-21-9-10-25(32)24(31)14-21/h2-10,14-16,19,22H,11-13,17-18H2,1H3,(H,36,38)(H,33,34,35)/b8-5+. The molecule has 10 heteroatoms. The molecule has 2 heterocycles. The van der Waals surface area contributed by atoms with Crippen molar-refractivity contribution in [2.24, 2.45) is 0 Å². The fraction of sp³-hybridized carbons (Fsp3) is 0.233. The third-order valence-electron chi connectivity index (χ3n) is 6.34. The van der Waals surface area contributed by atoms with Crippen LogP contribution in [0.25, 0.3) is 10.9 Å². The normalized spacial score (nSPS) is 15.2. The lowest BCUT2D eigenvalue weighted by Crippen LogP contribution is -2.19. The fourth-order valence-corrected chi connectivity index (χ4v) is 4.53. The number of nitrogens with zero attached hydrogens (tertiary/aromatic N) is 3. The van der Waals surface area contributed by atoms with E-state index in [-0.39, 0.29) is 17.0 Å². The molecule has 1 fully saturated rings. The van der Waals surface area contributed by atoms with Crippen molar-refractivity contribution < 1.29 is 18.7 Å². The van der Waals surface area contributed by atoms with Gasteiger partial charge in [0.05, 0.1) is 29.4 Å². The molecule has 0 spiro atoms. The van der Waals surface area contributed by atoms with Crippen LogP contribution >= 0.6 is 11.6 Å². The summed E-state index contributed by atoms with van der Waals surface area (Å²) in [4.78, 5) is 23.8. The average Bonchev–Trinajstić information content (AvgIpc) is 3.45. The lowest BCUT2D eigenvalue weighted by molar-refractivity contribution is -0.111.